The second-order valence-electron chi connectivity index (χ2n) is 7.24. The number of amides is 2. The maximum Gasteiger partial charge on any atom is 0.257 e. The Kier molecular flexibility index (Phi) is 5.85. The van der Waals surface area contributed by atoms with Gasteiger partial charge in [-0.25, -0.2) is 4.98 Å². The van der Waals surface area contributed by atoms with Crippen molar-refractivity contribution in [2.24, 2.45) is 0 Å². The van der Waals surface area contributed by atoms with Crippen LogP contribution in [0, 0.1) is 0 Å². The van der Waals surface area contributed by atoms with Gasteiger partial charge in [0.1, 0.15) is 0 Å². The summed E-state index contributed by atoms with van der Waals surface area (Å²) in [7, 11) is 0. The third kappa shape index (κ3) is 4.36. The summed E-state index contributed by atoms with van der Waals surface area (Å²) in [5.74, 6) is -0.531. The fourth-order valence-electron chi connectivity index (χ4n) is 3.46. The number of thiazole rings is 1. The summed E-state index contributed by atoms with van der Waals surface area (Å²) >= 11 is 3.05. The quantitative estimate of drug-likeness (QED) is 0.447. The van der Waals surface area contributed by atoms with E-state index in [9.17, 15) is 9.59 Å². The minimum absolute atomic E-state index is 0.242. The Balaban J connectivity index is 1.34. The zero-order valence-corrected chi connectivity index (χ0v) is 18.7. The number of aromatic nitrogens is 1. The van der Waals surface area contributed by atoms with Gasteiger partial charge in [-0.3, -0.25) is 9.59 Å². The smallest absolute Gasteiger partial charge is 0.257 e. The Hall–Kier alpha value is -3.27. The molecule has 0 aliphatic carbocycles. The number of carbonyl (C=O) groups is 2. The first-order chi connectivity index (χ1) is 15.7. The van der Waals surface area contributed by atoms with E-state index in [-0.39, 0.29) is 11.8 Å². The van der Waals surface area contributed by atoms with E-state index in [1.807, 2.05) is 23.6 Å². The molecular formula is C23H20N4O3S2. The largest absolute Gasteiger partial charge is 0.378 e. The van der Waals surface area contributed by atoms with Crippen molar-refractivity contribution in [3.63, 3.8) is 0 Å². The van der Waals surface area contributed by atoms with Gasteiger partial charge in [-0.15, -0.1) is 0 Å². The number of nitrogens with one attached hydrogen (secondary N) is 2. The van der Waals surface area contributed by atoms with Gasteiger partial charge < -0.3 is 20.3 Å². The molecule has 3 heterocycles. The van der Waals surface area contributed by atoms with Crippen LogP contribution in [0.4, 0.5) is 16.5 Å². The van der Waals surface area contributed by atoms with Crippen molar-refractivity contribution in [2.75, 3.05) is 41.8 Å². The number of hydrogen-bond acceptors (Lipinski definition) is 7. The molecule has 7 nitrogen and oxygen atoms in total. The first-order valence-electron chi connectivity index (χ1n) is 10.1. The zero-order valence-electron chi connectivity index (χ0n) is 17.0. The van der Waals surface area contributed by atoms with Crippen molar-refractivity contribution in [1.82, 2.24) is 4.98 Å². The molecule has 2 aromatic carbocycles. The van der Waals surface area contributed by atoms with Crippen LogP contribution in [-0.2, 0) is 4.74 Å². The molecule has 2 aromatic heterocycles. The fourth-order valence-corrected chi connectivity index (χ4v) is 5.15. The molecule has 4 aromatic rings. The number of para-hydroxylation sites is 1. The first-order valence-corrected chi connectivity index (χ1v) is 11.9. The van der Waals surface area contributed by atoms with Crippen LogP contribution in [0.1, 0.15) is 20.7 Å². The molecule has 0 atom stereocenters. The maximum absolute atomic E-state index is 13.0. The van der Waals surface area contributed by atoms with Gasteiger partial charge in [-0.2, -0.15) is 11.3 Å². The van der Waals surface area contributed by atoms with Crippen LogP contribution in [0.2, 0.25) is 0 Å². The molecule has 162 valence electrons. The van der Waals surface area contributed by atoms with E-state index < -0.39 is 0 Å². The van der Waals surface area contributed by atoms with Crippen LogP contribution in [0.3, 0.4) is 0 Å². The number of anilines is 3. The van der Waals surface area contributed by atoms with Crippen LogP contribution < -0.4 is 15.5 Å². The van der Waals surface area contributed by atoms with Gasteiger partial charge in [0.15, 0.2) is 5.13 Å². The van der Waals surface area contributed by atoms with Gasteiger partial charge in [0.05, 0.1) is 40.2 Å². The Labute approximate surface area is 192 Å². The van der Waals surface area contributed by atoms with Gasteiger partial charge in [-0.05, 0) is 41.8 Å². The number of rotatable bonds is 5. The van der Waals surface area contributed by atoms with E-state index >= 15 is 0 Å². The average molecular weight is 465 g/mol. The van der Waals surface area contributed by atoms with Gasteiger partial charge in [0.2, 0.25) is 0 Å². The molecule has 32 heavy (non-hydrogen) atoms. The monoisotopic (exact) mass is 464 g/mol. The van der Waals surface area contributed by atoms with E-state index in [1.54, 1.807) is 47.0 Å². The molecule has 5 rings (SSSR count). The third-order valence-electron chi connectivity index (χ3n) is 5.12. The summed E-state index contributed by atoms with van der Waals surface area (Å²) in [4.78, 5) is 32.4. The molecular weight excluding hydrogens is 444 g/mol. The molecule has 0 unspecified atom stereocenters. The van der Waals surface area contributed by atoms with Gasteiger partial charge in [-0.1, -0.05) is 23.5 Å². The van der Waals surface area contributed by atoms with E-state index in [4.69, 9.17) is 9.72 Å². The molecule has 2 amide bonds. The van der Waals surface area contributed by atoms with Gasteiger partial charge in [0.25, 0.3) is 11.8 Å². The highest BCUT2D eigenvalue weighted by Gasteiger charge is 2.17. The summed E-state index contributed by atoms with van der Waals surface area (Å²) < 4.78 is 6.42. The first kappa shape index (κ1) is 20.6. The molecule has 9 heteroatoms. The third-order valence-corrected chi connectivity index (χ3v) is 6.88. The predicted molar refractivity (Wildman–Crippen MR) is 129 cm³/mol. The molecule has 1 saturated heterocycles. The molecule has 1 aliphatic heterocycles. The van der Waals surface area contributed by atoms with E-state index in [0.29, 0.717) is 35.7 Å². The Morgan fingerprint density at radius 3 is 2.66 bits per heavy atom. The highest BCUT2D eigenvalue weighted by molar-refractivity contribution is 7.22. The Bertz CT molecular complexity index is 1260. The Morgan fingerprint density at radius 2 is 1.84 bits per heavy atom. The summed E-state index contributed by atoms with van der Waals surface area (Å²) in [6, 6.07) is 14.4. The number of benzene rings is 2. The van der Waals surface area contributed by atoms with Crippen molar-refractivity contribution in [1.29, 1.82) is 0 Å². The maximum atomic E-state index is 13.0. The fraction of sp³-hybridized carbons (Fsp3) is 0.174. The number of ether oxygens (including phenoxy) is 1. The molecule has 1 fully saturated rings. The average Bonchev–Trinajstić information content (AvgIpc) is 3.50. The van der Waals surface area contributed by atoms with Crippen molar-refractivity contribution in [3.05, 3.63) is 70.4 Å². The summed E-state index contributed by atoms with van der Waals surface area (Å²) in [6.07, 6.45) is 0. The molecule has 1 aliphatic rings. The van der Waals surface area contributed by atoms with Crippen molar-refractivity contribution in [2.45, 2.75) is 0 Å². The summed E-state index contributed by atoms with van der Waals surface area (Å²) in [5, 5.41) is 10.4. The number of carbonyl (C=O) groups excluding carboxylic acids is 2. The summed E-state index contributed by atoms with van der Waals surface area (Å²) in [6.45, 7) is 3.08. The standard InChI is InChI=1S/C23H20N4O3S2/c28-21(15-7-12-31-14-15)25-18-4-2-1-3-17(18)22(29)24-16-5-6-19-20(13-16)32-23(26-19)27-8-10-30-11-9-27/h1-7,12-14H,8-11H2,(H,24,29)(H,25,28). The number of hydrogen-bond donors (Lipinski definition) is 2. The highest BCUT2D eigenvalue weighted by Crippen LogP contribution is 2.31. The SMILES string of the molecule is O=C(Nc1ccccc1C(=O)Nc1ccc2nc(N3CCOCC3)sc2c1)c1ccsc1. The van der Waals surface area contributed by atoms with Crippen molar-refractivity contribution >= 4 is 61.2 Å². The van der Waals surface area contributed by atoms with Gasteiger partial charge >= 0.3 is 0 Å². The topological polar surface area (TPSA) is 83.6 Å². The lowest BCUT2D eigenvalue weighted by Gasteiger charge is -2.25. The molecule has 0 radical (unpaired) electrons. The normalized spacial score (nSPS) is 13.8. The number of nitrogens with zero attached hydrogens (tertiary/aromatic N) is 2. The minimum atomic E-state index is -0.288. The number of fused-ring (bicyclic) bond motifs is 1. The lowest BCUT2D eigenvalue weighted by atomic mass is 10.1. The van der Waals surface area contributed by atoms with Crippen molar-refractivity contribution < 1.29 is 14.3 Å². The lowest BCUT2D eigenvalue weighted by molar-refractivity contribution is 0.102. The van der Waals surface area contributed by atoms with Crippen molar-refractivity contribution in [3.8, 4) is 0 Å². The van der Waals surface area contributed by atoms with Crippen LogP contribution in [0.25, 0.3) is 10.2 Å². The van der Waals surface area contributed by atoms with Crippen LogP contribution >= 0.6 is 22.7 Å². The Morgan fingerprint density at radius 1 is 1.00 bits per heavy atom. The molecule has 0 spiro atoms. The van der Waals surface area contributed by atoms with E-state index in [1.165, 1.54) is 11.3 Å². The predicted octanol–water partition coefficient (Wildman–Crippen LogP) is 4.70. The van der Waals surface area contributed by atoms with Gasteiger partial charge in [0, 0.05) is 24.2 Å². The number of thiophene rings is 1. The van der Waals surface area contributed by atoms with Crippen LogP contribution in [0.5, 0.6) is 0 Å². The lowest BCUT2D eigenvalue weighted by Crippen LogP contribution is -2.36. The van der Waals surface area contributed by atoms with E-state index in [0.717, 1.165) is 28.4 Å². The number of morpholine rings is 1. The van der Waals surface area contributed by atoms with Crippen LogP contribution in [-0.4, -0.2) is 43.1 Å². The zero-order chi connectivity index (χ0) is 21.9. The molecule has 2 N–H and O–H groups in total. The molecule has 0 bridgehead atoms. The highest BCUT2D eigenvalue weighted by atomic mass is 32.1. The van der Waals surface area contributed by atoms with E-state index in [2.05, 4.69) is 15.5 Å². The molecule has 0 saturated carbocycles. The summed E-state index contributed by atoms with van der Waals surface area (Å²) in [5.41, 5.74) is 3.01. The second kappa shape index (κ2) is 9.07. The second-order valence-corrected chi connectivity index (χ2v) is 9.03. The van der Waals surface area contributed by atoms with Crippen LogP contribution in [0.15, 0.2) is 59.3 Å². The minimum Gasteiger partial charge on any atom is -0.378 e.